The van der Waals surface area contributed by atoms with Gasteiger partial charge in [-0.2, -0.15) is 0 Å². The van der Waals surface area contributed by atoms with Crippen molar-refractivity contribution in [1.82, 2.24) is 0 Å². The van der Waals surface area contributed by atoms with E-state index in [9.17, 15) is 0 Å². The van der Waals surface area contributed by atoms with Gasteiger partial charge in [-0.1, -0.05) is 5.73 Å². The summed E-state index contributed by atoms with van der Waals surface area (Å²) < 4.78 is 0. The van der Waals surface area contributed by atoms with Gasteiger partial charge in [-0.15, -0.1) is 0 Å². The Morgan fingerprint density at radius 1 is 1.10 bits per heavy atom. The van der Waals surface area contributed by atoms with Gasteiger partial charge < -0.3 is 0 Å². The van der Waals surface area contributed by atoms with Crippen LogP contribution in [0.15, 0.2) is 52.2 Å². The van der Waals surface area contributed by atoms with Crippen molar-refractivity contribution in [3.05, 3.63) is 47.2 Å². The molecule has 46 valence electrons. The first kappa shape index (κ1) is 8.09. The van der Waals surface area contributed by atoms with E-state index in [1.54, 1.807) is 0 Å². The molecule has 0 aromatic rings. The predicted octanol–water partition coefficient (Wildman–Crippen LogP) is 1.76. The van der Waals surface area contributed by atoms with Crippen molar-refractivity contribution in [1.29, 1.82) is 0 Å². The largest absolute Gasteiger partial charge is 0.263 e. The van der Waals surface area contributed by atoms with Crippen LogP contribution in [0.3, 0.4) is 0 Å². The van der Waals surface area contributed by atoms with Gasteiger partial charge in [-0.25, -0.2) is 0 Å². The maximum atomic E-state index is 3.39. The third-order valence-corrected chi connectivity index (χ3v) is 0.504. The third-order valence-electron chi connectivity index (χ3n) is 0.504. The van der Waals surface area contributed by atoms with Crippen LogP contribution < -0.4 is 0 Å². The highest BCUT2D eigenvalue weighted by atomic mass is 14.6. The van der Waals surface area contributed by atoms with Gasteiger partial charge in [0.25, 0.3) is 0 Å². The molecular weight excluding hydrogens is 122 g/mol. The second kappa shape index (κ2) is 7.09. The standard InChI is InChI=1S/C9H5N/c1-3-4-5-6-7-8-9-10-2/h9H,1-2H2. The van der Waals surface area contributed by atoms with Gasteiger partial charge in [-0.3, -0.25) is 4.99 Å². The van der Waals surface area contributed by atoms with Gasteiger partial charge in [-0.05, 0) is 42.0 Å². The summed E-state index contributed by atoms with van der Waals surface area (Å²) >= 11 is 0. The maximum absolute atomic E-state index is 3.39. The molecule has 10 heavy (non-hydrogen) atoms. The average Bonchev–Trinajstić information content (AvgIpc) is 1.97. The zero-order chi connectivity index (χ0) is 7.66. The highest BCUT2D eigenvalue weighted by molar-refractivity contribution is 5.25. The second-order valence-corrected chi connectivity index (χ2v) is 1.13. The lowest BCUT2D eigenvalue weighted by atomic mass is 10.7. The smallest absolute Gasteiger partial charge is 0.0769 e. The molecule has 0 unspecified atom stereocenters. The Labute approximate surface area is 59.7 Å². The van der Waals surface area contributed by atoms with Crippen LogP contribution in [-0.2, 0) is 0 Å². The second-order valence-electron chi connectivity index (χ2n) is 1.13. The van der Waals surface area contributed by atoms with Crippen molar-refractivity contribution in [2.45, 2.75) is 0 Å². The molecule has 0 saturated heterocycles. The first-order chi connectivity index (χ1) is 4.91. The van der Waals surface area contributed by atoms with E-state index in [0.717, 1.165) is 0 Å². The summed E-state index contributed by atoms with van der Waals surface area (Å²) in [5.74, 6) is 0. The van der Waals surface area contributed by atoms with E-state index in [1.807, 2.05) is 0 Å². The molecule has 0 aliphatic rings. The highest BCUT2D eigenvalue weighted by Gasteiger charge is 1.42. The zero-order valence-corrected chi connectivity index (χ0v) is 5.44. The fraction of sp³-hybridized carbons (Fsp3) is 0. The summed E-state index contributed by atoms with van der Waals surface area (Å²) in [6.45, 7) is 6.47. The van der Waals surface area contributed by atoms with Crippen molar-refractivity contribution in [2.24, 2.45) is 4.99 Å². The molecule has 0 N–H and O–H groups in total. The summed E-state index contributed by atoms with van der Waals surface area (Å²) in [6.07, 6.45) is 1.37. The summed E-state index contributed by atoms with van der Waals surface area (Å²) in [5.41, 5.74) is 14.8. The maximum Gasteiger partial charge on any atom is 0.0769 e. The number of aliphatic imine (C=N–C) groups is 1. The summed E-state index contributed by atoms with van der Waals surface area (Å²) in [5, 5.41) is 0. The fourth-order valence-electron chi connectivity index (χ4n) is 0.221. The predicted molar refractivity (Wildman–Crippen MR) is 40.8 cm³/mol. The van der Waals surface area contributed by atoms with Crippen LogP contribution in [0.25, 0.3) is 0 Å². The lowest BCUT2D eigenvalue weighted by Gasteiger charge is -1.52. The van der Waals surface area contributed by atoms with E-state index in [0.29, 0.717) is 0 Å². The van der Waals surface area contributed by atoms with Crippen molar-refractivity contribution in [2.75, 3.05) is 0 Å². The van der Waals surface area contributed by atoms with Gasteiger partial charge in [0.2, 0.25) is 0 Å². The lowest BCUT2D eigenvalue weighted by Crippen LogP contribution is -1.33. The fourth-order valence-corrected chi connectivity index (χ4v) is 0.221. The molecule has 0 aromatic carbocycles. The first-order valence-corrected chi connectivity index (χ1v) is 2.47. The summed E-state index contributed by atoms with van der Waals surface area (Å²) in [7, 11) is 0. The molecule has 0 saturated carbocycles. The van der Waals surface area contributed by atoms with E-state index < -0.39 is 0 Å². The van der Waals surface area contributed by atoms with E-state index in [2.05, 4.69) is 52.7 Å². The number of hydrogen-bond donors (Lipinski definition) is 0. The van der Waals surface area contributed by atoms with E-state index in [1.165, 1.54) is 6.20 Å². The molecule has 0 fully saturated rings. The Morgan fingerprint density at radius 3 is 2.40 bits per heavy atom. The van der Waals surface area contributed by atoms with Crippen molar-refractivity contribution in [3.63, 3.8) is 0 Å². The van der Waals surface area contributed by atoms with Crippen molar-refractivity contribution in [3.8, 4) is 0 Å². The molecular formula is C9H5N. The molecule has 0 aromatic heterocycles. The third kappa shape index (κ3) is 6.09. The normalized spacial score (nSPS) is 4.40. The van der Waals surface area contributed by atoms with Gasteiger partial charge >= 0.3 is 0 Å². The van der Waals surface area contributed by atoms with Crippen molar-refractivity contribution >= 4 is 6.72 Å². The first-order valence-electron chi connectivity index (χ1n) is 2.47. The van der Waals surface area contributed by atoms with Crippen LogP contribution >= 0.6 is 0 Å². The SMILES string of the molecule is C=C=C=C=C=C=C=CN=C. The van der Waals surface area contributed by atoms with Gasteiger partial charge in [0.1, 0.15) is 0 Å². The quantitative estimate of drug-likeness (QED) is 0.376. The van der Waals surface area contributed by atoms with Crippen LogP contribution in [0.2, 0.25) is 0 Å². The highest BCUT2D eigenvalue weighted by Crippen LogP contribution is 1.60. The van der Waals surface area contributed by atoms with E-state index in [4.69, 9.17) is 0 Å². The summed E-state index contributed by atoms with van der Waals surface area (Å²) in [4.78, 5) is 3.39. The number of nitrogens with zero attached hydrogens (tertiary/aromatic N) is 1. The Bertz CT molecular complexity index is 325. The Kier molecular flexibility index (Phi) is 5.74. The molecule has 1 heteroatoms. The van der Waals surface area contributed by atoms with Crippen LogP contribution in [0, 0.1) is 0 Å². The molecule has 0 radical (unpaired) electrons. The molecule has 0 rings (SSSR count). The van der Waals surface area contributed by atoms with Gasteiger partial charge in [0.05, 0.1) is 6.20 Å². The molecule has 0 aliphatic carbocycles. The molecule has 0 amide bonds. The minimum absolute atomic E-state index is 1.37. The minimum atomic E-state index is 1.37. The lowest BCUT2D eigenvalue weighted by molar-refractivity contribution is 1.64. The molecule has 0 bridgehead atoms. The van der Waals surface area contributed by atoms with Crippen LogP contribution in [0.4, 0.5) is 0 Å². The topological polar surface area (TPSA) is 12.4 Å². The Balaban J connectivity index is 4.87. The summed E-state index contributed by atoms with van der Waals surface area (Å²) in [6, 6.07) is 0. The monoisotopic (exact) mass is 127 g/mol. The Hall–Kier alpha value is -1.91. The average molecular weight is 127 g/mol. The van der Waals surface area contributed by atoms with Crippen LogP contribution in [0.1, 0.15) is 0 Å². The van der Waals surface area contributed by atoms with E-state index in [-0.39, 0.29) is 0 Å². The van der Waals surface area contributed by atoms with Gasteiger partial charge in [0.15, 0.2) is 0 Å². The zero-order valence-electron chi connectivity index (χ0n) is 5.44. The molecule has 0 spiro atoms. The molecule has 0 atom stereocenters. The molecule has 0 heterocycles. The van der Waals surface area contributed by atoms with E-state index >= 15 is 0 Å². The van der Waals surface area contributed by atoms with Crippen molar-refractivity contribution < 1.29 is 0 Å². The minimum Gasteiger partial charge on any atom is -0.263 e. The number of rotatable bonds is 1. The van der Waals surface area contributed by atoms with Crippen LogP contribution in [-0.4, -0.2) is 6.72 Å². The Morgan fingerprint density at radius 2 is 1.80 bits per heavy atom. The van der Waals surface area contributed by atoms with Crippen LogP contribution in [0.5, 0.6) is 0 Å². The molecule has 1 nitrogen and oxygen atoms in total. The number of hydrogen-bond acceptors (Lipinski definition) is 1. The van der Waals surface area contributed by atoms with Gasteiger partial charge in [0, 0.05) is 0 Å². The molecule has 0 aliphatic heterocycles.